The third kappa shape index (κ3) is 10.3. The van der Waals surface area contributed by atoms with E-state index in [-0.39, 0.29) is 0 Å². The zero-order valence-electron chi connectivity index (χ0n) is 28.8. The summed E-state index contributed by atoms with van der Waals surface area (Å²) in [7, 11) is 0. The maximum Gasteiger partial charge on any atom is 0.126 e. The Balaban J connectivity index is 0.948. The quantitative estimate of drug-likeness (QED) is 0.0536. The molecule has 1 saturated heterocycles. The average Bonchev–Trinajstić information content (AvgIpc) is 3.36. The van der Waals surface area contributed by atoms with Gasteiger partial charge in [0.05, 0.1) is 6.61 Å². The molecule has 0 atom stereocenters. The van der Waals surface area contributed by atoms with Crippen LogP contribution in [0.25, 0.3) is 10.4 Å². The Morgan fingerprint density at radius 2 is 1.32 bits per heavy atom. The third-order valence-electron chi connectivity index (χ3n) is 11.4. The van der Waals surface area contributed by atoms with Gasteiger partial charge in [0, 0.05) is 17.9 Å². The topological polar surface area (TPSA) is 70.5 Å². The van der Waals surface area contributed by atoms with Gasteiger partial charge in [-0.3, -0.25) is 0 Å². The van der Waals surface area contributed by atoms with Gasteiger partial charge in [0.25, 0.3) is 0 Å². The van der Waals surface area contributed by atoms with Gasteiger partial charge < -0.3 is 14.4 Å². The second-order valence-corrected chi connectivity index (χ2v) is 15.0. The van der Waals surface area contributed by atoms with Crippen molar-refractivity contribution in [3.63, 3.8) is 0 Å². The first-order chi connectivity index (χ1) is 23.2. The molecule has 0 amide bonds. The molecule has 4 aliphatic carbocycles. The molecule has 254 valence electrons. The van der Waals surface area contributed by atoms with E-state index in [1.165, 1.54) is 114 Å². The van der Waals surface area contributed by atoms with E-state index in [2.05, 4.69) is 63.5 Å². The van der Waals surface area contributed by atoms with E-state index in [0.29, 0.717) is 6.54 Å². The SMILES string of the molecule is [N-]=[N+]=NCCCCCC(Oc1ccc(Cc2ccc(OCCCCCCN3CCCCCC3)cc2)cc1)=C1C2CC3CC(C2)CC1C3. The molecule has 0 spiro atoms. The predicted octanol–water partition coefficient (Wildman–Crippen LogP) is 11.1. The largest absolute Gasteiger partial charge is 0.494 e. The van der Waals surface area contributed by atoms with Crippen LogP contribution < -0.4 is 9.47 Å². The van der Waals surface area contributed by atoms with Crippen LogP contribution in [-0.4, -0.2) is 37.7 Å². The number of unbranched alkanes of at least 4 members (excludes halogenated alkanes) is 5. The monoisotopic (exact) mass is 638 g/mol. The number of nitrogens with zero attached hydrogens (tertiary/aromatic N) is 4. The molecule has 6 nitrogen and oxygen atoms in total. The molecule has 1 heterocycles. The Morgan fingerprint density at radius 3 is 1.98 bits per heavy atom. The first-order valence-corrected chi connectivity index (χ1v) is 19.2. The van der Waals surface area contributed by atoms with Crippen molar-refractivity contribution in [2.45, 2.75) is 116 Å². The van der Waals surface area contributed by atoms with Crippen molar-refractivity contribution in [2.75, 3.05) is 32.8 Å². The molecule has 4 bridgehead atoms. The number of likely N-dealkylation sites (tertiary alicyclic amines) is 1. The Hall–Kier alpha value is -2.95. The van der Waals surface area contributed by atoms with Crippen molar-refractivity contribution in [1.82, 2.24) is 4.90 Å². The van der Waals surface area contributed by atoms with Crippen LogP contribution in [0.2, 0.25) is 0 Å². The summed E-state index contributed by atoms with van der Waals surface area (Å²) < 4.78 is 12.8. The molecule has 47 heavy (non-hydrogen) atoms. The summed E-state index contributed by atoms with van der Waals surface area (Å²) in [6.45, 7) is 5.29. The molecule has 4 saturated carbocycles. The van der Waals surface area contributed by atoms with E-state index in [0.717, 1.165) is 80.3 Å². The van der Waals surface area contributed by atoms with Gasteiger partial charge in [-0.05, 0) is 167 Å². The second kappa shape index (κ2) is 18.0. The lowest BCUT2D eigenvalue weighted by Crippen LogP contribution is -2.41. The lowest BCUT2D eigenvalue weighted by molar-refractivity contribution is 0.0640. The molecular formula is C41H58N4O2. The smallest absolute Gasteiger partial charge is 0.126 e. The molecule has 5 aliphatic rings. The summed E-state index contributed by atoms with van der Waals surface area (Å²) in [5.41, 5.74) is 12.8. The fourth-order valence-corrected chi connectivity index (χ4v) is 9.19. The highest BCUT2D eigenvalue weighted by atomic mass is 16.5. The van der Waals surface area contributed by atoms with Gasteiger partial charge >= 0.3 is 0 Å². The Labute approximate surface area is 283 Å². The van der Waals surface area contributed by atoms with Crippen molar-refractivity contribution in [3.05, 3.63) is 81.4 Å². The summed E-state index contributed by atoms with van der Waals surface area (Å²) in [5.74, 6) is 6.54. The van der Waals surface area contributed by atoms with E-state index in [9.17, 15) is 0 Å². The molecule has 2 aromatic rings. The van der Waals surface area contributed by atoms with Crippen LogP contribution in [0.15, 0.2) is 65.0 Å². The van der Waals surface area contributed by atoms with Gasteiger partial charge in [0.15, 0.2) is 0 Å². The summed E-state index contributed by atoms with van der Waals surface area (Å²) in [5, 5.41) is 3.71. The summed E-state index contributed by atoms with van der Waals surface area (Å²) in [6, 6.07) is 17.5. The van der Waals surface area contributed by atoms with Crippen LogP contribution in [0.4, 0.5) is 0 Å². The normalized spacial score (nSPS) is 23.7. The van der Waals surface area contributed by atoms with Crippen molar-refractivity contribution in [2.24, 2.45) is 28.8 Å². The van der Waals surface area contributed by atoms with E-state index in [4.69, 9.17) is 15.0 Å². The first-order valence-electron chi connectivity index (χ1n) is 19.2. The number of hydrogen-bond donors (Lipinski definition) is 0. The lowest BCUT2D eigenvalue weighted by atomic mass is 9.54. The fraction of sp³-hybridized carbons (Fsp3) is 0.659. The molecule has 1 aliphatic heterocycles. The lowest BCUT2D eigenvalue weighted by Gasteiger charge is -2.51. The predicted molar refractivity (Wildman–Crippen MR) is 192 cm³/mol. The molecule has 0 unspecified atom stereocenters. The zero-order chi connectivity index (χ0) is 32.1. The maximum absolute atomic E-state index is 8.59. The van der Waals surface area contributed by atoms with Gasteiger partial charge in [0.2, 0.25) is 0 Å². The molecule has 5 fully saturated rings. The highest BCUT2D eigenvalue weighted by molar-refractivity contribution is 5.35. The number of ether oxygens (including phenoxy) is 2. The van der Waals surface area contributed by atoms with Crippen LogP contribution >= 0.6 is 0 Å². The zero-order valence-corrected chi connectivity index (χ0v) is 28.8. The number of hydrogen-bond acceptors (Lipinski definition) is 4. The van der Waals surface area contributed by atoms with E-state index >= 15 is 0 Å². The molecule has 7 rings (SSSR count). The fourth-order valence-electron chi connectivity index (χ4n) is 9.19. The van der Waals surface area contributed by atoms with Gasteiger partial charge in [-0.15, -0.1) is 0 Å². The van der Waals surface area contributed by atoms with E-state index in [1.807, 2.05) is 0 Å². The van der Waals surface area contributed by atoms with Crippen LogP contribution in [-0.2, 0) is 6.42 Å². The van der Waals surface area contributed by atoms with Crippen molar-refractivity contribution in [1.29, 1.82) is 0 Å². The summed E-state index contributed by atoms with van der Waals surface area (Å²) in [6.07, 6.45) is 22.6. The highest BCUT2D eigenvalue weighted by Crippen LogP contribution is 2.57. The number of rotatable bonds is 18. The Morgan fingerprint density at radius 1 is 0.702 bits per heavy atom. The highest BCUT2D eigenvalue weighted by Gasteiger charge is 2.46. The van der Waals surface area contributed by atoms with E-state index < -0.39 is 0 Å². The van der Waals surface area contributed by atoms with Crippen LogP contribution in [0.1, 0.15) is 120 Å². The van der Waals surface area contributed by atoms with Crippen molar-refractivity contribution in [3.8, 4) is 11.5 Å². The van der Waals surface area contributed by atoms with Gasteiger partial charge in [-0.25, -0.2) is 0 Å². The Bertz CT molecular complexity index is 1280. The van der Waals surface area contributed by atoms with E-state index in [1.54, 1.807) is 5.57 Å². The summed E-state index contributed by atoms with van der Waals surface area (Å²) >= 11 is 0. The standard InChI is InChI=1S/C41H58N4O2/c42-44-43-21-7-5-6-12-40(41-36-28-34-27-35(30-36)31-37(41)29-34)47-39-19-15-33(16-20-39)26-32-13-17-38(18-14-32)46-25-11-4-3-10-24-45-22-8-1-2-9-23-45/h13-20,34-37H,1-12,21-31H2. The summed E-state index contributed by atoms with van der Waals surface area (Å²) in [4.78, 5) is 5.58. The minimum atomic E-state index is 0.591. The van der Waals surface area contributed by atoms with Crippen molar-refractivity contribution >= 4 is 0 Å². The van der Waals surface area contributed by atoms with Crippen LogP contribution in [0.3, 0.4) is 0 Å². The van der Waals surface area contributed by atoms with Crippen molar-refractivity contribution < 1.29 is 9.47 Å². The van der Waals surface area contributed by atoms with Crippen LogP contribution in [0, 0.1) is 23.7 Å². The van der Waals surface area contributed by atoms with Gasteiger partial charge in [0.1, 0.15) is 17.3 Å². The number of allylic oxidation sites excluding steroid dienone is 2. The van der Waals surface area contributed by atoms with Gasteiger partial charge in [-0.1, -0.05) is 61.5 Å². The molecule has 0 radical (unpaired) electrons. The Kier molecular flexibility index (Phi) is 13.0. The molecular weight excluding hydrogens is 580 g/mol. The maximum atomic E-state index is 8.59. The number of benzene rings is 2. The number of azide groups is 1. The first kappa shape index (κ1) is 33.9. The molecule has 0 aromatic heterocycles. The average molecular weight is 639 g/mol. The third-order valence-corrected chi connectivity index (χ3v) is 11.4. The molecule has 6 heteroatoms. The molecule has 0 N–H and O–H groups in total. The second-order valence-electron chi connectivity index (χ2n) is 15.0. The van der Waals surface area contributed by atoms with Crippen LogP contribution in [0.5, 0.6) is 11.5 Å². The van der Waals surface area contributed by atoms with Gasteiger partial charge in [-0.2, -0.15) is 0 Å². The molecule has 2 aromatic carbocycles. The minimum absolute atomic E-state index is 0.591. The minimum Gasteiger partial charge on any atom is -0.494 e.